The lowest BCUT2D eigenvalue weighted by molar-refractivity contribution is 0.191. The van der Waals surface area contributed by atoms with Gasteiger partial charge in [-0.25, -0.2) is 0 Å². The number of benzene rings is 1. The average Bonchev–Trinajstić information content (AvgIpc) is 2.46. The fourth-order valence-electron chi connectivity index (χ4n) is 3.32. The van der Waals surface area contributed by atoms with Gasteiger partial charge in [-0.3, -0.25) is 0 Å². The molecule has 1 nitrogen and oxygen atoms in total. The maximum absolute atomic E-state index is 2.66. The van der Waals surface area contributed by atoms with E-state index in [9.17, 15) is 0 Å². The SMILES string of the molecule is CC(CN1CCCCC1)C(C)c1ccc(C(C)(C)C)cc1. The van der Waals surface area contributed by atoms with Crippen LogP contribution in [0.3, 0.4) is 0 Å². The van der Waals surface area contributed by atoms with E-state index in [1.165, 1.54) is 50.0 Å². The topological polar surface area (TPSA) is 3.24 Å². The highest BCUT2D eigenvalue weighted by Crippen LogP contribution is 2.28. The first-order chi connectivity index (χ1) is 9.88. The van der Waals surface area contributed by atoms with E-state index in [1.807, 2.05) is 0 Å². The van der Waals surface area contributed by atoms with Crippen LogP contribution in [0.15, 0.2) is 24.3 Å². The Morgan fingerprint density at radius 2 is 1.52 bits per heavy atom. The van der Waals surface area contributed by atoms with Crippen molar-refractivity contribution < 1.29 is 0 Å². The van der Waals surface area contributed by atoms with Gasteiger partial charge in [0.2, 0.25) is 0 Å². The van der Waals surface area contributed by atoms with Crippen molar-refractivity contribution in [3.05, 3.63) is 35.4 Å². The summed E-state index contributed by atoms with van der Waals surface area (Å²) in [5.41, 5.74) is 3.18. The molecule has 1 aliphatic rings. The molecule has 0 spiro atoms. The third kappa shape index (κ3) is 4.57. The summed E-state index contributed by atoms with van der Waals surface area (Å²) >= 11 is 0. The van der Waals surface area contributed by atoms with Gasteiger partial charge in [-0.2, -0.15) is 0 Å². The Kier molecular flexibility index (Phi) is 5.48. The molecule has 0 aliphatic carbocycles. The maximum Gasteiger partial charge on any atom is 0.00128 e. The maximum atomic E-state index is 2.66. The first kappa shape index (κ1) is 16.5. The number of hydrogen-bond acceptors (Lipinski definition) is 1. The zero-order chi connectivity index (χ0) is 15.5. The standard InChI is InChI=1S/C20H33N/c1-16(15-21-13-7-6-8-14-21)17(2)18-9-11-19(12-10-18)20(3,4)5/h9-12,16-17H,6-8,13-15H2,1-5H3. The van der Waals surface area contributed by atoms with Crippen LogP contribution in [-0.2, 0) is 5.41 Å². The molecule has 1 heterocycles. The van der Waals surface area contributed by atoms with E-state index in [0.29, 0.717) is 5.92 Å². The average molecular weight is 287 g/mol. The van der Waals surface area contributed by atoms with Crippen LogP contribution in [0, 0.1) is 5.92 Å². The summed E-state index contributed by atoms with van der Waals surface area (Å²) in [6.07, 6.45) is 4.21. The highest BCUT2D eigenvalue weighted by atomic mass is 15.1. The molecule has 2 unspecified atom stereocenters. The van der Waals surface area contributed by atoms with Crippen molar-refractivity contribution in [2.75, 3.05) is 19.6 Å². The van der Waals surface area contributed by atoms with Gasteiger partial charge in [-0.1, -0.05) is 65.3 Å². The van der Waals surface area contributed by atoms with Crippen molar-refractivity contribution in [1.82, 2.24) is 4.90 Å². The van der Waals surface area contributed by atoms with E-state index < -0.39 is 0 Å². The second-order valence-corrected chi connectivity index (χ2v) is 8.00. The second kappa shape index (κ2) is 6.96. The Bertz CT molecular complexity index is 420. The third-order valence-electron chi connectivity index (χ3n) is 5.15. The van der Waals surface area contributed by atoms with Crippen molar-refractivity contribution >= 4 is 0 Å². The van der Waals surface area contributed by atoms with Crippen LogP contribution in [0.25, 0.3) is 0 Å². The predicted molar refractivity (Wildman–Crippen MR) is 93.0 cm³/mol. The predicted octanol–water partition coefficient (Wildman–Crippen LogP) is 5.21. The number of nitrogens with zero attached hydrogens (tertiary/aromatic N) is 1. The summed E-state index contributed by atoms with van der Waals surface area (Å²) in [6, 6.07) is 9.33. The highest BCUT2D eigenvalue weighted by molar-refractivity contribution is 5.29. The van der Waals surface area contributed by atoms with E-state index in [-0.39, 0.29) is 5.41 Å². The van der Waals surface area contributed by atoms with Crippen molar-refractivity contribution in [3.8, 4) is 0 Å². The number of rotatable bonds is 4. The first-order valence-electron chi connectivity index (χ1n) is 8.71. The lowest BCUT2D eigenvalue weighted by Gasteiger charge is -2.31. The molecular formula is C20H33N. The number of likely N-dealkylation sites (tertiary alicyclic amines) is 1. The summed E-state index contributed by atoms with van der Waals surface area (Å²) in [4.78, 5) is 2.66. The van der Waals surface area contributed by atoms with Gasteiger partial charge in [0.25, 0.3) is 0 Å². The monoisotopic (exact) mass is 287 g/mol. The van der Waals surface area contributed by atoms with Gasteiger partial charge in [0.1, 0.15) is 0 Å². The Morgan fingerprint density at radius 3 is 2.05 bits per heavy atom. The van der Waals surface area contributed by atoms with E-state index in [1.54, 1.807) is 0 Å². The van der Waals surface area contributed by atoms with Crippen LogP contribution in [0.5, 0.6) is 0 Å². The van der Waals surface area contributed by atoms with Gasteiger partial charge in [0.05, 0.1) is 0 Å². The summed E-state index contributed by atoms with van der Waals surface area (Å²) in [6.45, 7) is 15.5. The molecule has 0 saturated carbocycles. The summed E-state index contributed by atoms with van der Waals surface area (Å²) in [5, 5.41) is 0. The molecule has 118 valence electrons. The normalized spacial score (nSPS) is 20.2. The fraction of sp³-hybridized carbons (Fsp3) is 0.700. The zero-order valence-electron chi connectivity index (χ0n) is 14.7. The molecule has 1 heteroatoms. The van der Waals surface area contributed by atoms with Crippen molar-refractivity contribution in [3.63, 3.8) is 0 Å². The summed E-state index contributed by atoms with van der Waals surface area (Å²) in [7, 11) is 0. The Hall–Kier alpha value is -0.820. The highest BCUT2D eigenvalue weighted by Gasteiger charge is 2.20. The van der Waals surface area contributed by atoms with Crippen LogP contribution in [-0.4, -0.2) is 24.5 Å². The third-order valence-corrected chi connectivity index (χ3v) is 5.15. The van der Waals surface area contributed by atoms with Crippen LogP contribution in [0.2, 0.25) is 0 Å². The fourth-order valence-corrected chi connectivity index (χ4v) is 3.32. The van der Waals surface area contributed by atoms with Crippen LogP contribution < -0.4 is 0 Å². The van der Waals surface area contributed by atoms with Gasteiger partial charge in [-0.05, 0) is 54.3 Å². The van der Waals surface area contributed by atoms with Gasteiger partial charge in [0, 0.05) is 6.54 Å². The minimum atomic E-state index is 0.251. The molecule has 1 aromatic carbocycles. The second-order valence-electron chi connectivity index (χ2n) is 8.00. The van der Waals surface area contributed by atoms with Gasteiger partial charge in [-0.15, -0.1) is 0 Å². The van der Waals surface area contributed by atoms with E-state index in [0.717, 1.165) is 5.92 Å². The molecule has 21 heavy (non-hydrogen) atoms. The van der Waals surface area contributed by atoms with Gasteiger partial charge in [0.15, 0.2) is 0 Å². The van der Waals surface area contributed by atoms with Crippen molar-refractivity contribution in [2.24, 2.45) is 5.92 Å². The van der Waals surface area contributed by atoms with Gasteiger partial charge < -0.3 is 4.90 Å². The number of hydrogen-bond donors (Lipinski definition) is 0. The lowest BCUT2D eigenvalue weighted by Crippen LogP contribution is -2.34. The molecule has 1 saturated heterocycles. The largest absolute Gasteiger partial charge is 0.303 e. The Morgan fingerprint density at radius 1 is 0.952 bits per heavy atom. The van der Waals surface area contributed by atoms with Crippen LogP contribution >= 0.6 is 0 Å². The molecular weight excluding hydrogens is 254 g/mol. The molecule has 2 rings (SSSR count). The zero-order valence-corrected chi connectivity index (χ0v) is 14.7. The molecule has 1 fully saturated rings. The van der Waals surface area contributed by atoms with Gasteiger partial charge >= 0.3 is 0 Å². The van der Waals surface area contributed by atoms with E-state index in [4.69, 9.17) is 0 Å². The molecule has 0 amide bonds. The van der Waals surface area contributed by atoms with Crippen LogP contribution in [0.1, 0.15) is 70.9 Å². The lowest BCUT2D eigenvalue weighted by atomic mass is 9.83. The summed E-state index contributed by atoms with van der Waals surface area (Å²) < 4.78 is 0. The first-order valence-corrected chi connectivity index (χ1v) is 8.71. The molecule has 1 aliphatic heterocycles. The molecule has 2 atom stereocenters. The van der Waals surface area contributed by atoms with Crippen molar-refractivity contribution in [2.45, 2.75) is 65.2 Å². The molecule has 1 aromatic rings. The Balaban J connectivity index is 1.96. The van der Waals surface area contributed by atoms with E-state index in [2.05, 4.69) is 63.8 Å². The Labute approximate surface area is 131 Å². The summed E-state index contributed by atoms with van der Waals surface area (Å²) in [5.74, 6) is 1.37. The molecule has 0 N–H and O–H groups in total. The molecule has 0 radical (unpaired) electrons. The molecule has 0 bridgehead atoms. The van der Waals surface area contributed by atoms with Crippen LogP contribution in [0.4, 0.5) is 0 Å². The quantitative estimate of drug-likeness (QED) is 0.735. The number of piperidine rings is 1. The van der Waals surface area contributed by atoms with E-state index >= 15 is 0 Å². The minimum Gasteiger partial charge on any atom is -0.303 e. The van der Waals surface area contributed by atoms with Crippen molar-refractivity contribution in [1.29, 1.82) is 0 Å². The minimum absolute atomic E-state index is 0.251. The molecule has 0 aromatic heterocycles. The smallest absolute Gasteiger partial charge is 0.00128 e.